The Morgan fingerprint density at radius 2 is 1.94 bits per heavy atom. The number of carbonyl (C=O) groups is 2. The van der Waals surface area contributed by atoms with Gasteiger partial charge < -0.3 is 19.9 Å². The van der Waals surface area contributed by atoms with E-state index in [4.69, 9.17) is 15.2 Å². The second-order valence-electron chi connectivity index (χ2n) is 3.48. The SMILES string of the molecule is CC(N)CCCOC(=O)COCCOC(=O)I. The molecule has 0 aromatic heterocycles. The molecule has 0 fully saturated rings. The summed E-state index contributed by atoms with van der Waals surface area (Å²) in [4.78, 5) is 21.5. The molecule has 7 heteroatoms. The van der Waals surface area contributed by atoms with Crippen LogP contribution in [0.3, 0.4) is 0 Å². The van der Waals surface area contributed by atoms with E-state index in [1.54, 1.807) is 0 Å². The fourth-order valence-corrected chi connectivity index (χ4v) is 1.19. The molecule has 0 aliphatic heterocycles. The number of halogens is 1. The third-order valence-electron chi connectivity index (χ3n) is 1.73. The number of ether oxygens (including phenoxy) is 3. The van der Waals surface area contributed by atoms with E-state index in [0.29, 0.717) is 6.61 Å². The van der Waals surface area contributed by atoms with Gasteiger partial charge in [-0.15, -0.1) is 0 Å². The number of hydrogen-bond acceptors (Lipinski definition) is 6. The predicted octanol–water partition coefficient (Wildman–Crippen LogP) is 1.25. The van der Waals surface area contributed by atoms with Crippen molar-refractivity contribution in [1.82, 2.24) is 0 Å². The van der Waals surface area contributed by atoms with Crippen LogP contribution in [0.2, 0.25) is 0 Å². The van der Waals surface area contributed by atoms with Gasteiger partial charge in [-0.1, -0.05) is 0 Å². The van der Waals surface area contributed by atoms with Crippen LogP contribution in [-0.4, -0.2) is 42.4 Å². The molecule has 0 saturated carbocycles. The van der Waals surface area contributed by atoms with E-state index in [1.165, 1.54) is 22.6 Å². The number of esters is 1. The zero-order valence-corrected chi connectivity index (χ0v) is 12.0. The fourth-order valence-electron chi connectivity index (χ4n) is 0.969. The highest BCUT2D eigenvalue weighted by atomic mass is 127. The molecule has 100 valence electrons. The first-order valence-electron chi connectivity index (χ1n) is 5.33. The monoisotopic (exact) mass is 359 g/mol. The Bertz CT molecular complexity index is 235. The van der Waals surface area contributed by atoms with Crippen LogP contribution in [0, 0.1) is 0 Å². The summed E-state index contributed by atoms with van der Waals surface area (Å²) in [5.74, 6) is -0.421. The highest BCUT2D eigenvalue weighted by Crippen LogP contribution is 1.95. The first-order chi connectivity index (χ1) is 8.02. The van der Waals surface area contributed by atoms with Crippen LogP contribution in [0.25, 0.3) is 0 Å². The van der Waals surface area contributed by atoms with Crippen LogP contribution in [0.15, 0.2) is 0 Å². The maximum Gasteiger partial charge on any atom is 0.367 e. The third kappa shape index (κ3) is 13.5. The normalized spacial score (nSPS) is 11.9. The van der Waals surface area contributed by atoms with Gasteiger partial charge in [-0.2, -0.15) is 0 Å². The number of hydrogen-bond donors (Lipinski definition) is 1. The van der Waals surface area contributed by atoms with Crippen LogP contribution in [0.1, 0.15) is 19.8 Å². The molecule has 0 saturated heterocycles. The Kier molecular flexibility index (Phi) is 10.5. The summed E-state index contributed by atoms with van der Waals surface area (Å²) >= 11 is 1.52. The molecule has 0 amide bonds. The molecule has 0 spiro atoms. The van der Waals surface area contributed by atoms with Gasteiger partial charge in [0.05, 0.1) is 35.8 Å². The van der Waals surface area contributed by atoms with E-state index < -0.39 is 9.95 Å². The molecule has 0 rings (SSSR count). The van der Waals surface area contributed by atoms with Crippen molar-refractivity contribution in [2.75, 3.05) is 26.4 Å². The molecule has 1 unspecified atom stereocenters. The van der Waals surface area contributed by atoms with E-state index in [-0.39, 0.29) is 25.9 Å². The van der Waals surface area contributed by atoms with Gasteiger partial charge >= 0.3 is 9.95 Å². The van der Waals surface area contributed by atoms with Gasteiger partial charge in [-0.05, 0) is 19.8 Å². The van der Waals surface area contributed by atoms with E-state index >= 15 is 0 Å². The van der Waals surface area contributed by atoms with E-state index in [0.717, 1.165) is 12.8 Å². The van der Waals surface area contributed by atoms with Gasteiger partial charge in [-0.3, -0.25) is 0 Å². The Labute approximate surface area is 114 Å². The predicted molar refractivity (Wildman–Crippen MR) is 70.0 cm³/mol. The lowest BCUT2D eigenvalue weighted by Gasteiger charge is -2.07. The number of carbonyl (C=O) groups excluding carboxylic acids is 2. The Morgan fingerprint density at radius 3 is 2.53 bits per heavy atom. The van der Waals surface area contributed by atoms with Crippen molar-refractivity contribution in [2.24, 2.45) is 5.73 Å². The molecule has 0 radical (unpaired) electrons. The molecular formula is C10H18INO5. The van der Waals surface area contributed by atoms with Gasteiger partial charge in [0.25, 0.3) is 0 Å². The van der Waals surface area contributed by atoms with Crippen molar-refractivity contribution in [3.05, 3.63) is 0 Å². The molecule has 0 aromatic carbocycles. The molecule has 0 aromatic rings. The Balaban J connectivity index is 3.26. The van der Waals surface area contributed by atoms with E-state index in [9.17, 15) is 9.59 Å². The minimum atomic E-state index is -0.421. The average molecular weight is 359 g/mol. The molecule has 2 N–H and O–H groups in total. The van der Waals surface area contributed by atoms with Gasteiger partial charge in [0, 0.05) is 6.04 Å². The van der Waals surface area contributed by atoms with Gasteiger partial charge in [-0.25, -0.2) is 9.59 Å². The van der Waals surface area contributed by atoms with Crippen LogP contribution < -0.4 is 5.73 Å². The van der Waals surface area contributed by atoms with E-state index in [1.807, 2.05) is 6.92 Å². The first kappa shape index (κ1) is 16.6. The van der Waals surface area contributed by atoms with Gasteiger partial charge in [0.15, 0.2) is 0 Å². The summed E-state index contributed by atoms with van der Waals surface area (Å²) in [6.07, 6.45) is 1.57. The van der Waals surface area contributed by atoms with Gasteiger partial charge in [0.2, 0.25) is 0 Å². The molecule has 0 bridgehead atoms. The molecule has 6 nitrogen and oxygen atoms in total. The van der Waals surface area contributed by atoms with Crippen molar-refractivity contribution in [2.45, 2.75) is 25.8 Å². The zero-order valence-electron chi connectivity index (χ0n) is 9.82. The smallest absolute Gasteiger partial charge is 0.367 e. The minimum absolute atomic E-state index is 0.118. The van der Waals surface area contributed by atoms with E-state index in [2.05, 4.69) is 4.74 Å². The molecule has 0 aliphatic carbocycles. The third-order valence-corrected chi connectivity index (χ3v) is 2.04. The molecule has 17 heavy (non-hydrogen) atoms. The average Bonchev–Trinajstić information content (AvgIpc) is 2.23. The minimum Gasteiger partial charge on any atom is -0.464 e. The Hall–Kier alpha value is -0.410. The second-order valence-corrected chi connectivity index (χ2v) is 4.36. The van der Waals surface area contributed by atoms with Crippen LogP contribution in [0.5, 0.6) is 0 Å². The molecule has 0 heterocycles. The molecule has 1 atom stereocenters. The number of rotatable bonds is 9. The maximum atomic E-state index is 11.1. The summed E-state index contributed by atoms with van der Waals surface area (Å²) < 4.78 is 14.0. The summed E-state index contributed by atoms with van der Waals surface area (Å²) in [5.41, 5.74) is 5.54. The molecular weight excluding hydrogens is 341 g/mol. The quantitative estimate of drug-likeness (QED) is 0.289. The van der Waals surface area contributed by atoms with Crippen molar-refractivity contribution < 1.29 is 23.8 Å². The van der Waals surface area contributed by atoms with Crippen molar-refractivity contribution in [3.63, 3.8) is 0 Å². The number of nitrogens with two attached hydrogens (primary N) is 1. The topological polar surface area (TPSA) is 87.8 Å². The summed E-state index contributed by atoms with van der Waals surface area (Å²) in [5, 5.41) is 0. The van der Waals surface area contributed by atoms with Gasteiger partial charge in [0.1, 0.15) is 13.2 Å². The van der Waals surface area contributed by atoms with Crippen LogP contribution >= 0.6 is 22.6 Å². The summed E-state index contributed by atoms with van der Waals surface area (Å²) in [7, 11) is 0. The fraction of sp³-hybridized carbons (Fsp3) is 0.800. The first-order valence-corrected chi connectivity index (χ1v) is 6.41. The van der Waals surface area contributed by atoms with Crippen molar-refractivity contribution >= 4 is 32.5 Å². The lowest BCUT2D eigenvalue weighted by Crippen LogP contribution is -2.18. The largest absolute Gasteiger partial charge is 0.464 e. The molecule has 0 aliphatic rings. The lowest BCUT2D eigenvalue weighted by molar-refractivity contribution is -0.149. The zero-order chi connectivity index (χ0) is 13.1. The van der Waals surface area contributed by atoms with Crippen molar-refractivity contribution in [1.29, 1.82) is 0 Å². The second kappa shape index (κ2) is 10.7. The maximum absolute atomic E-state index is 11.1. The standard InChI is InChI=1S/C10H18INO5/c1-8(12)3-2-4-16-9(13)7-15-5-6-17-10(11)14/h8H,2-7,12H2,1H3. The highest BCUT2D eigenvalue weighted by Gasteiger charge is 2.03. The van der Waals surface area contributed by atoms with Crippen molar-refractivity contribution in [3.8, 4) is 0 Å². The lowest BCUT2D eigenvalue weighted by atomic mass is 10.2. The highest BCUT2D eigenvalue weighted by molar-refractivity contribution is 14.1. The Morgan fingerprint density at radius 1 is 1.24 bits per heavy atom. The van der Waals surface area contributed by atoms with Crippen LogP contribution in [-0.2, 0) is 19.0 Å². The van der Waals surface area contributed by atoms with Crippen LogP contribution in [0.4, 0.5) is 4.79 Å². The summed E-state index contributed by atoms with van der Waals surface area (Å²) in [6, 6.07) is 0.118. The summed E-state index contributed by atoms with van der Waals surface area (Å²) in [6.45, 7) is 2.45.